The van der Waals surface area contributed by atoms with Crippen LogP contribution in [0.4, 0.5) is 48.5 Å². The molecular weight excluding hydrogens is 1370 g/mol. The number of carbonyl (C=O) groups is 11. The molecule has 8 rings (SSSR count). The van der Waals surface area contributed by atoms with E-state index in [1.165, 1.54) is 55.8 Å². The summed E-state index contributed by atoms with van der Waals surface area (Å²) in [5.41, 5.74) is 7.73. The van der Waals surface area contributed by atoms with Gasteiger partial charge in [0.05, 0.1) is 31.7 Å². The number of ether oxygens (including phenoxy) is 9. The van der Waals surface area contributed by atoms with E-state index in [4.69, 9.17) is 37.9 Å². The van der Waals surface area contributed by atoms with Crippen molar-refractivity contribution in [2.75, 3.05) is 92.9 Å². The molecule has 1 aliphatic heterocycles. The minimum absolute atomic E-state index is 0.0733. The van der Waals surface area contributed by atoms with Crippen LogP contribution in [0.3, 0.4) is 0 Å². The third-order valence-corrected chi connectivity index (χ3v) is 15.5. The fourth-order valence-electron chi connectivity index (χ4n) is 10.0. The molecule has 0 radical (unpaired) electrons. The lowest BCUT2D eigenvalue weighted by Crippen LogP contribution is -2.42. The molecule has 106 heavy (non-hydrogen) atoms. The van der Waals surface area contributed by atoms with Gasteiger partial charge in [0.25, 0.3) is 0 Å². The van der Waals surface area contributed by atoms with Crippen LogP contribution in [0.2, 0.25) is 0 Å². The molecule has 0 saturated carbocycles. The van der Waals surface area contributed by atoms with Crippen LogP contribution in [0, 0.1) is 22.7 Å². The first kappa shape index (κ1) is 85.1. The zero-order chi connectivity index (χ0) is 77.9. The highest BCUT2D eigenvalue weighted by Crippen LogP contribution is 2.33. The molecule has 2 aliphatic rings. The van der Waals surface area contributed by atoms with Crippen LogP contribution in [0.5, 0.6) is 0 Å². The molecule has 6 atom stereocenters. The summed E-state index contributed by atoms with van der Waals surface area (Å²) in [5, 5.41) is 35.2. The van der Waals surface area contributed by atoms with Crippen LogP contribution < -0.4 is 31.9 Å². The number of benzene rings is 6. The topological polar surface area (TPSA) is 383 Å². The van der Waals surface area contributed by atoms with E-state index in [0.29, 0.717) is 49.4 Å². The molecule has 28 nitrogen and oxygen atoms in total. The predicted molar refractivity (Wildman–Crippen MR) is 393 cm³/mol. The summed E-state index contributed by atoms with van der Waals surface area (Å²) in [6.07, 6.45) is 3.22. The highest BCUT2D eigenvalue weighted by molar-refractivity contribution is 5.97. The maximum absolute atomic E-state index is 12.6. The quantitative estimate of drug-likeness (QED) is 0.00540. The Kier molecular flexibility index (Phi) is 34.4. The van der Waals surface area contributed by atoms with Gasteiger partial charge in [-0.05, 0) is 166 Å². The van der Waals surface area contributed by atoms with Gasteiger partial charge in [0.2, 0.25) is 24.0 Å². The maximum atomic E-state index is 12.6. The van der Waals surface area contributed by atoms with Gasteiger partial charge in [0, 0.05) is 81.8 Å². The molecule has 6 aromatic carbocycles. The number of methoxy groups -OCH3 is 3. The molecule has 6 amide bonds. The summed E-state index contributed by atoms with van der Waals surface area (Å²) in [6, 6.07) is 44.7. The van der Waals surface area contributed by atoms with E-state index in [2.05, 4.69) is 43.2 Å². The van der Waals surface area contributed by atoms with E-state index in [9.17, 15) is 63.0 Å². The fourth-order valence-corrected chi connectivity index (χ4v) is 10.0. The Morgan fingerprint density at radius 1 is 0.453 bits per heavy atom. The third kappa shape index (κ3) is 30.4. The van der Waals surface area contributed by atoms with Crippen LogP contribution in [0.15, 0.2) is 170 Å². The zero-order valence-corrected chi connectivity index (χ0v) is 60.9. The van der Waals surface area contributed by atoms with Crippen molar-refractivity contribution in [2.45, 2.75) is 93.0 Å². The number of aliphatic hydroxyl groups is 1. The standard InChI is InChI=1S/C28H34N2O9.C22H26N2O6.C20H24N2O4.C8H8O3/c1-18(2)25(33)37-15-24(32)39-26(34)28(4,16-36-5)17-38-27(35)30-23-12-8-21(9-13-23)14-20-6-10-22(11-7-20)29-19(3)31;1-15(25)23-18-8-4-16(5-9-18)12-17-6-10-19(11-7-17)24-21(28)30-14-22(2,13-29-3)20(26)27;1-14(13-25-3)26-20(24)22-19-10-6-17(7-11-19)12-16-4-8-18(9-5-16)21-15(2)23;9-7-5-3-1-2-4-6(5)8(10)11-7/h6-13,24,32H,1,14-17H2,2-5H3,(H,29,31)(H,30,35);4-11H,12-14H2,1-3H3,(H,23,25)(H,24,28)(H,26,27);4-11,14H,12-13H2,1-3H3,(H,21,23)(H,22,24);1-2,5-6H,3-4H2. The van der Waals surface area contributed by atoms with Gasteiger partial charge >= 0.3 is 48.1 Å². The molecule has 8 N–H and O–H groups in total. The number of carbonyl (C=O) groups excluding carboxylic acids is 10. The van der Waals surface area contributed by atoms with E-state index >= 15 is 0 Å². The Morgan fingerprint density at radius 2 is 0.764 bits per heavy atom. The lowest BCUT2D eigenvalue weighted by atomic mass is 9.85. The lowest BCUT2D eigenvalue weighted by Gasteiger charge is -2.27. The lowest BCUT2D eigenvalue weighted by molar-refractivity contribution is -0.194. The van der Waals surface area contributed by atoms with Crippen molar-refractivity contribution in [1.82, 2.24) is 0 Å². The minimum atomic E-state index is -1.72. The van der Waals surface area contributed by atoms with Crippen LogP contribution in [-0.4, -0.2) is 149 Å². The number of amides is 6. The summed E-state index contributed by atoms with van der Waals surface area (Å²) in [5.74, 6) is -4.15. The minimum Gasteiger partial charge on any atom is -0.481 e. The van der Waals surface area contributed by atoms with Crippen molar-refractivity contribution in [3.63, 3.8) is 0 Å². The average molecular weight is 1470 g/mol. The number of hydrogen-bond donors (Lipinski definition) is 8. The smallest absolute Gasteiger partial charge is 0.411 e. The molecule has 0 aromatic heterocycles. The van der Waals surface area contributed by atoms with Crippen LogP contribution in [-0.2, 0) is 100 Å². The van der Waals surface area contributed by atoms with Crippen molar-refractivity contribution < 1.29 is 106 Å². The monoisotopic (exact) mass is 1460 g/mol. The van der Waals surface area contributed by atoms with Crippen LogP contribution in [0.1, 0.15) is 94.7 Å². The number of nitrogens with one attached hydrogen (secondary N) is 6. The Morgan fingerprint density at radius 3 is 1.07 bits per heavy atom. The number of cyclic esters (lactones) is 2. The van der Waals surface area contributed by atoms with Gasteiger partial charge in [0.15, 0.2) is 6.61 Å². The number of hydrogen-bond acceptors (Lipinski definition) is 21. The highest BCUT2D eigenvalue weighted by atomic mass is 16.7. The second-order valence-corrected chi connectivity index (χ2v) is 25.4. The van der Waals surface area contributed by atoms with Crippen molar-refractivity contribution in [3.8, 4) is 0 Å². The van der Waals surface area contributed by atoms with Gasteiger partial charge < -0.3 is 68.8 Å². The first-order valence-electron chi connectivity index (χ1n) is 33.4. The molecule has 0 spiro atoms. The summed E-state index contributed by atoms with van der Waals surface area (Å²) in [6.45, 7) is 12.7. The number of esters is 4. The number of carboxylic acids is 1. The molecule has 6 unspecified atom stereocenters. The summed E-state index contributed by atoms with van der Waals surface area (Å²) in [4.78, 5) is 127. The van der Waals surface area contributed by atoms with E-state index in [-0.39, 0.29) is 73.0 Å². The molecule has 0 bridgehead atoms. The second-order valence-electron chi connectivity index (χ2n) is 25.4. The van der Waals surface area contributed by atoms with Gasteiger partial charge in [0.1, 0.15) is 30.1 Å². The van der Waals surface area contributed by atoms with Crippen molar-refractivity contribution in [1.29, 1.82) is 0 Å². The molecule has 6 aromatic rings. The Bertz CT molecular complexity index is 3960. The zero-order valence-electron chi connectivity index (χ0n) is 60.9. The van der Waals surface area contributed by atoms with Gasteiger partial charge in [-0.2, -0.15) is 0 Å². The van der Waals surface area contributed by atoms with Gasteiger partial charge in [-0.3, -0.25) is 49.5 Å². The fraction of sp³-hybridized carbons (Fsp3) is 0.346. The summed E-state index contributed by atoms with van der Waals surface area (Å²) < 4.78 is 44.5. The van der Waals surface area contributed by atoms with Crippen molar-refractivity contribution in [2.24, 2.45) is 22.7 Å². The molecule has 1 saturated heterocycles. The van der Waals surface area contributed by atoms with Crippen LogP contribution >= 0.6 is 0 Å². The SMILES string of the molecule is C=C(C)C(=O)OCC(O)OC(=O)C(C)(COC)COC(=O)Nc1ccc(Cc2ccc(NC(C)=O)cc2)cc1.COCC(C)(COC(=O)Nc1ccc(Cc2ccc(NC(C)=O)cc2)cc1)C(=O)O.COCC(C)OC(=O)Nc1ccc(Cc2ccc(NC(C)=O)cc2)cc1.O=C1OC(=O)C2CC=CCC12. The predicted octanol–water partition coefficient (Wildman–Crippen LogP) is 11.4. The summed E-state index contributed by atoms with van der Waals surface area (Å²) in [7, 11) is 4.31. The number of allylic oxidation sites excluding steroid dienone is 2. The third-order valence-electron chi connectivity index (χ3n) is 15.5. The first-order chi connectivity index (χ1) is 50.4. The molecular formula is C78H92N6O22. The number of anilines is 6. The van der Waals surface area contributed by atoms with Crippen molar-refractivity contribution in [3.05, 3.63) is 203 Å². The van der Waals surface area contributed by atoms with Crippen molar-refractivity contribution >= 4 is 100.0 Å². The summed E-state index contributed by atoms with van der Waals surface area (Å²) >= 11 is 0. The first-order valence-corrected chi connectivity index (χ1v) is 33.4. The average Bonchev–Trinajstić information content (AvgIpc) is 1.73. The van der Waals surface area contributed by atoms with Gasteiger partial charge in [-0.15, -0.1) is 0 Å². The maximum Gasteiger partial charge on any atom is 0.411 e. The number of carboxylic acid groups (broad SMARTS) is 1. The Labute approximate surface area is 614 Å². The van der Waals surface area contributed by atoms with E-state index in [1.54, 1.807) is 38.3 Å². The number of fused-ring (bicyclic) bond motifs is 1. The number of aliphatic hydroxyl groups excluding tert-OH is 1. The molecule has 1 heterocycles. The molecule has 1 fully saturated rings. The largest absolute Gasteiger partial charge is 0.481 e. The molecule has 1 aliphatic carbocycles. The second kappa shape index (κ2) is 42.9. The van der Waals surface area contributed by atoms with Gasteiger partial charge in [-0.25, -0.2) is 19.2 Å². The van der Waals surface area contributed by atoms with Crippen LogP contribution in [0.25, 0.3) is 0 Å². The van der Waals surface area contributed by atoms with Gasteiger partial charge in [-0.1, -0.05) is 91.5 Å². The Balaban J connectivity index is 0.000000269. The Hall–Kier alpha value is -11.6. The molecule has 28 heteroatoms. The number of rotatable bonds is 29. The van der Waals surface area contributed by atoms with E-state index in [0.717, 1.165) is 56.9 Å². The van der Waals surface area contributed by atoms with E-state index in [1.807, 2.05) is 133 Å². The van der Waals surface area contributed by atoms with E-state index < -0.39 is 66.5 Å². The molecule has 566 valence electrons. The highest BCUT2D eigenvalue weighted by Gasteiger charge is 2.44. The number of aliphatic carboxylic acids is 1. The normalized spacial score (nSPS) is 14.7.